The lowest BCUT2D eigenvalue weighted by molar-refractivity contribution is 0.621. The van der Waals surface area contributed by atoms with Crippen LogP contribution in [-0.4, -0.2) is 4.98 Å². The maximum Gasteiger partial charge on any atom is 0.123 e. The van der Waals surface area contributed by atoms with Crippen LogP contribution in [0.4, 0.5) is 4.39 Å². The normalized spacial score (nSPS) is 12.5. The lowest BCUT2D eigenvalue weighted by Crippen LogP contribution is -2.14. The minimum Gasteiger partial charge on any atom is -0.319 e. The van der Waals surface area contributed by atoms with Gasteiger partial charge >= 0.3 is 0 Å². The molecule has 1 aromatic heterocycles. The van der Waals surface area contributed by atoms with Gasteiger partial charge in [-0.05, 0) is 58.2 Å². The molecule has 0 spiro atoms. The topological polar surface area (TPSA) is 38.9 Å². The van der Waals surface area contributed by atoms with Crippen molar-refractivity contribution in [3.8, 4) is 0 Å². The molecule has 2 nitrogen and oxygen atoms in total. The zero-order valence-corrected chi connectivity index (χ0v) is 10.9. The zero-order valence-electron chi connectivity index (χ0n) is 9.32. The summed E-state index contributed by atoms with van der Waals surface area (Å²) < 4.78 is 14.1. The number of aromatic nitrogens is 1. The van der Waals surface area contributed by atoms with Crippen molar-refractivity contribution in [2.45, 2.75) is 13.0 Å². The van der Waals surface area contributed by atoms with Crippen molar-refractivity contribution in [3.05, 3.63) is 63.6 Å². The third-order valence-electron chi connectivity index (χ3n) is 2.51. The van der Waals surface area contributed by atoms with E-state index in [2.05, 4.69) is 20.9 Å². The van der Waals surface area contributed by atoms with Crippen LogP contribution in [-0.2, 0) is 0 Å². The van der Waals surface area contributed by atoms with Crippen molar-refractivity contribution in [2.75, 3.05) is 0 Å². The Morgan fingerprint density at radius 3 is 2.76 bits per heavy atom. The molecule has 0 aliphatic rings. The highest BCUT2D eigenvalue weighted by molar-refractivity contribution is 9.10. The van der Waals surface area contributed by atoms with Crippen LogP contribution in [0.5, 0.6) is 0 Å². The Morgan fingerprint density at radius 2 is 2.12 bits per heavy atom. The molecule has 2 N–H and O–H groups in total. The molecule has 4 heteroatoms. The van der Waals surface area contributed by atoms with Gasteiger partial charge in [0.15, 0.2) is 0 Å². The van der Waals surface area contributed by atoms with Gasteiger partial charge in [0.25, 0.3) is 0 Å². The fraction of sp³-hybridized carbons (Fsp3) is 0.154. The maximum absolute atomic E-state index is 13.3. The molecule has 1 atom stereocenters. The Balaban J connectivity index is 2.43. The molecule has 0 bridgehead atoms. The highest BCUT2D eigenvalue weighted by Crippen LogP contribution is 2.25. The van der Waals surface area contributed by atoms with E-state index in [1.165, 1.54) is 12.1 Å². The molecule has 0 amide bonds. The summed E-state index contributed by atoms with van der Waals surface area (Å²) in [5.74, 6) is -0.275. The SMILES string of the molecule is Cc1cc(F)cc(C(N)c2ncccc2Br)c1. The first-order valence-corrected chi connectivity index (χ1v) is 6.00. The second kappa shape index (κ2) is 4.94. The number of hydrogen-bond acceptors (Lipinski definition) is 2. The zero-order chi connectivity index (χ0) is 12.4. The number of rotatable bonds is 2. The van der Waals surface area contributed by atoms with Gasteiger partial charge in [0, 0.05) is 10.7 Å². The van der Waals surface area contributed by atoms with Gasteiger partial charge in [-0.3, -0.25) is 4.98 Å². The highest BCUT2D eigenvalue weighted by atomic mass is 79.9. The molecule has 1 unspecified atom stereocenters. The van der Waals surface area contributed by atoms with Crippen molar-refractivity contribution in [2.24, 2.45) is 5.73 Å². The van der Waals surface area contributed by atoms with Gasteiger partial charge in [-0.25, -0.2) is 4.39 Å². The summed E-state index contributed by atoms with van der Waals surface area (Å²) in [7, 11) is 0. The van der Waals surface area contributed by atoms with E-state index in [0.29, 0.717) is 5.69 Å². The van der Waals surface area contributed by atoms with Crippen molar-refractivity contribution < 1.29 is 4.39 Å². The number of aryl methyl sites for hydroxylation is 1. The van der Waals surface area contributed by atoms with E-state index in [0.717, 1.165) is 15.6 Å². The molecule has 0 aliphatic heterocycles. The van der Waals surface area contributed by atoms with Gasteiger partial charge in [0.05, 0.1) is 11.7 Å². The molecule has 0 fully saturated rings. The van der Waals surface area contributed by atoms with Crippen molar-refractivity contribution in [3.63, 3.8) is 0 Å². The third-order valence-corrected chi connectivity index (χ3v) is 3.18. The minimum absolute atomic E-state index is 0.275. The third kappa shape index (κ3) is 2.70. The van der Waals surface area contributed by atoms with E-state index in [1.807, 2.05) is 25.1 Å². The largest absolute Gasteiger partial charge is 0.319 e. The summed E-state index contributed by atoms with van der Waals surface area (Å²) in [6, 6.07) is 8.04. The Morgan fingerprint density at radius 1 is 1.35 bits per heavy atom. The van der Waals surface area contributed by atoms with E-state index >= 15 is 0 Å². The van der Waals surface area contributed by atoms with Crippen LogP contribution in [0.3, 0.4) is 0 Å². The molecule has 0 saturated heterocycles. The van der Waals surface area contributed by atoms with Gasteiger partial charge in [-0.15, -0.1) is 0 Å². The average Bonchev–Trinajstić information content (AvgIpc) is 2.27. The second-order valence-corrected chi connectivity index (χ2v) is 4.76. The summed E-state index contributed by atoms with van der Waals surface area (Å²) in [5, 5.41) is 0. The molecule has 0 radical (unpaired) electrons. The van der Waals surface area contributed by atoms with E-state index in [9.17, 15) is 4.39 Å². The Kier molecular flexibility index (Phi) is 3.54. The van der Waals surface area contributed by atoms with Crippen molar-refractivity contribution in [1.82, 2.24) is 4.98 Å². The molecule has 0 saturated carbocycles. The summed E-state index contributed by atoms with van der Waals surface area (Å²) in [6.45, 7) is 1.84. The van der Waals surface area contributed by atoms with Crippen LogP contribution >= 0.6 is 15.9 Å². The fourth-order valence-electron chi connectivity index (χ4n) is 1.73. The standard InChI is InChI=1S/C13H12BrFN2/c1-8-5-9(7-10(15)6-8)12(16)13-11(14)3-2-4-17-13/h2-7,12H,16H2,1H3. The van der Waals surface area contributed by atoms with Crippen molar-refractivity contribution in [1.29, 1.82) is 0 Å². The van der Waals surface area contributed by atoms with Crippen LogP contribution in [0.2, 0.25) is 0 Å². The van der Waals surface area contributed by atoms with Crippen LogP contribution in [0.25, 0.3) is 0 Å². The van der Waals surface area contributed by atoms with Crippen LogP contribution in [0.15, 0.2) is 41.0 Å². The number of benzene rings is 1. The maximum atomic E-state index is 13.3. The summed E-state index contributed by atoms with van der Waals surface area (Å²) in [6.07, 6.45) is 1.67. The van der Waals surface area contributed by atoms with E-state index < -0.39 is 6.04 Å². The van der Waals surface area contributed by atoms with Crippen LogP contribution < -0.4 is 5.73 Å². The summed E-state index contributed by atoms with van der Waals surface area (Å²) >= 11 is 3.39. The number of halogens is 2. The quantitative estimate of drug-likeness (QED) is 0.923. The molecule has 2 rings (SSSR count). The van der Waals surface area contributed by atoms with Crippen molar-refractivity contribution >= 4 is 15.9 Å². The van der Waals surface area contributed by atoms with E-state index in [4.69, 9.17) is 5.73 Å². The van der Waals surface area contributed by atoms with Crippen LogP contribution in [0.1, 0.15) is 22.9 Å². The first-order chi connectivity index (χ1) is 8.08. The molecular formula is C13H12BrFN2. The van der Waals surface area contributed by atoms with Gasteiger partial charge in [0.1, 0.15) is 5.82 Å². The first-order valence-electron chi connectivity index (χ1n) is 5.21. The first kappa shape index (κ1) is 12.2. The van der Waals surface area contributed by atoms with E-state index in [1.54, 1.807) is 6.20 Å². The smallest absolute Gasteiger partial charge is 0.123 e. The van der Waals surface area contributed by atoms with Gasteiger partial charge in [-0.1, -0.05) is 6.07 Å². The number of nitrogens with two attached hydrogens (primary N) is 1. The lowest BCUT2D eigenvalue weighted by atomic mass is 10.0. The molecule has 88 valence electrons. The van der Waals surface area contributed by atoms with Gasteiger partial charge in [0.2, 0.25) is 0 Å². The summed E-state index contributed by atoms with van der Waals surface area (Å²) in [5.41, 5.74) is 8.38. The molecule has 2 aromatic rings. The summed E-state index contributed by atoms with van der Waals surface area (Å²) in [4.78, 5) is 4.22. The highest BCUT2D eigenvalue weighted by Gasteiger charge is 2.14. The van der Waals surface area contributed by atoms with Crippen LogP contribution in [0, 0.1) is 12.7 Å². The molecule has 1 heterocycles. The Bertz CT molecular complexity index is 522. The molecular weight excluding hydrogens is 283 g/mol. The number of hydrogen-bond donors (Lipinski definition) is 1. The fourth-order valence-corrected chi connectivity index (χ4v) is 2.23. The molecule has 17 heavy (non-hydrogen) atoms. The number of pyridine rings is 1. The van der Waals surface area contributed by atoms with Gasteiger partial charge < -0.3 is 5.73 Å². The Hall–Kier alpha value is -1.26. The second-order valence-electron chi connectivity index (χ2n) is 3.91. The van der Waals surface area contributed by atoms with E-state index in [-0.39, 0.29) is 5.82 Å². The Labute approximate surface area is 108 Å². The predicted octanol–water partition coefficient (Wildman–Crippen LogP) is 3.34. The average molecular weight is 295 g/mol. The number of nitrogens with zero attached hydrogens (tertiary/aromatic N) is 1. The predicted molar refractivity (Wildman–Crippen MR) is 69.1 cm³/mol. The lowest BCUT2D eigenvalue weighted by Gasteiger charge is -2.13. The van der Waals surface area contributed by atoms with Gasteiger partial charge in [-0.2, -0.15) is 0 Å². The molecule has 1 aromatic carbocycles. The minimum atomic E-state index is -0.431. The monoisotopic (exact) mass is 294 g/mol. The molecule has 0 aliphatic carbocycles.